The maximum atomic E-state index is 6.30. The molecule has 4 aromatic rings. The molecule has 2 aliphatic rings. The minimum atomic E-state index is 0.563. The van der Waals surface area contributed by atoms with Crippen molar-refractivity contribution in [1.29, 1.82) is 0 Å². The molecule has 0 radical (unpaired) electrons. The number of rotatable bonds is 4. The topological polar surface area (TPSA) is 85.1 Å². The Kier molecular flexibility index (Phi) is 8.11. The molecule has 36 heavy (non-hydrogen) atoms. The number of aromatic nitrogens is 2. The predicted molar refractivity (Wildman–Crippen MR) is 150 cm³/mol. The third-order valence-corrected chi connectivity index (χ3v) is 8.26. The summed E-state index contributed by atoms with van der Waals surface area (Å²) < 4.78 is 5.93. The van der Waals surface area contributed by atoms with E-state index in [9.17, 15) is 0 Å². The molecule has 0 amide bonds. The van der Waals surface area contributed by atoms with Crippen molar-refractivity contribution in [2.75, 3.05) is 25.4 Å². The van der Waals surface area contributed by atoms with Gasteiger partial charge in [-0.1, -0.05) is 37.5 Å². The Balaban J connectivity index is 0.000000330. The highest BCUT2D eigenvalue weighted by atomic mass is 32.1. The van der Waals surface area contributed by atoms with E-state index in [2.05, 4.69) is 39.7 Å². The Bertz CT molecular complexity index is 1250. The third-order valence-electron chi connectivity index (χ3n) is 6.87. The molecule has 1 atom stereocenters. The fraction of sp³-hybridized carbons (Fsp3) is 0.379. The first-order valence-electron chi connectivity index (χ1n) is 13.0. The second-order valence-corrected chi connectivity index (χ2v) is 10.7. The van der Waals surface area contributed by atoms with Gasteiger partial charge in [-0.15, -0.1) is 11.3 Å². The lowest BCUT2D eigenvalue weighted by atomic mass is 9.87. The SMILES string of the molecule is CC1CNCCN1.Nc1ncnc2c(C3CCCCC3)sc(-c3ccc(Oc4ccccc4)cc3)c12. The Morgan fingerprint density at radius 2 is 1.67 bits per heavy atom. The molecule has 2 fully saturated rings. The fourth-order valence-corrected chi connectivity index (χ4v) is 6.39. The highest BCUT2D eigenvalue weighted by Gasteiger charge is 2.24. The standard InChI is InChI=1S/C24H23N3OS.C5H12N2/c25-24-20-21(26-15-27-24)23(16-7-3-1-4-8-16)29-22(20)17-11-13-19(14-12-17)28-18-9-5-2-6-10-18;1-5-4-6-2-3-7-5/h2,5-6,9-16H,1,3-4,7-8H2,(H2,25,26,27);5-7H,2-4H2,1H3. The lowest BCUT2D eigenvalue weighted by Crippen LogP contribution is -2.46. The number of hydrogen-bond acceptors (Lipinski definition) is 7. The van der Waals surface area contributed by atoms with Gasteiger partial charge in [-0.3, -0.25) is 0 Å². The summed E-state index contributed by atoms with van der Waals surface area (Å²) in [5.74, 6) is 2.80. The van der Waals surface area contributed by atoms with Crippen molar-refractivity contribution in [1.82, 2.24) is 20.6 Å². The Morgan fingerprint density at radius 1 is 0.917 bits per heavy atom. The van der Waals surface area contributed by atoms with E-state index in [0.717, 1.165) is 52.5 Å². The fourth-order valence-electron chi connectivity index (χ4n) is 4.96. The van der Waals surface area contributed by atoms with Gasteiger partial charge in [0.1, 0.15) is 23.6 Å². The number of anilines is 1. The van der Waals surface area contributed by atoms with Crippen LogP contribution in [0.2, 0.25) is 0 Å². The van der Waals surface area contributed by atoms with Crippen molar-refractivity contribution in [3.8, 4) is 21.9 Å². The number of para-hydroxylation sites is 1. The smallest absolute Gasteiger partial charge is 0.136 e. The van der Waals surface area contributed by atoms with Gasteiger partial charge in [0.25, 0.3) is 0 Å². The number of benzene rings is 2. The molecule has 7 heteroatoms. The van der Waals surface area contributed by atoms with Gasteiger partial charge in [0.15, 0.2) is 0 Å². The monoisotopic (exact) mass is 501 g/mol. The minimum Gasteiger partial charge on any atom is -0.457 e. The van der Waals surface area contributed by atoms with Gasteiger partial charge < -0.3 is 21.1 Å². The van der Waals surface area contributed by atoms with Crippen LogP contribution in [0.3, 0.4) is 0 Å². The molecule has 188 valence electrons. The molecular weight excluding hydrogens is 466 g/mol. The van der Waals surface area contributed by atoms with Crippen LogP contribution in [-0.4, -0.2) is 35.6 Å². The number of nitrogens with one attached hydrogen (secondary N) is 2. The number of piperazine rings is 1. The van der Waals surface area contributed by atoms with E-state index in [1.165, 1.54) is 37.0 Å². The van der Waals surface area contributed by atoms with Crippen LogP contribution in [-0.2, 0) is 0 Å². The molecule has 2 aromatic heterocycles. The molecule has 0 bridgehead atoms. The van der Waals surface area contributed by atoms with Gasteiger partial charge in [-0.05, 0) is 67.6 Å². The van der Waals surface area contributed by atoms with E-state index >= 15 is 0 Å². The van der Waals surface area contributed by atoms with Crippen LogP contribution in [0, 0.1) is 0 Å². The van der Waals surface area contributed by atoms with Crippen molar-refractivity contribution in [2.24, 2.45) is 0 Å². The van der Waals surface area contributed by atoms with Crippen LogP contribution < -0.4 is 21.1 Å². The first-order valence-corrected chi connectivity index (χ1v) is 13.8. The largest absolute Gasteiger partial charge is 0.457 e. The van der Waals surface area contributed by atoms with Crippen molar-refractivity contribution in [3.63, 3.8) is 0 Å². The average Bonchev–Trinajstić information content (AvgIpc) is 3.32. The predicted octanol–water partition coefficient (Wildman–Crippen LogP) is 6.35. The van der Waals surface area contributed by atoms with Crippen molar-refractivity contribution in [2.45, 2.75) is 51.0 Å². The number of ether oxygens (including phenoxy) is 1. The average molecular weight is 502 g/mol. The van der Waals surface area contributed by atoms with Crippen LogP contribution in [0.15, 0.2) is 60.9 Å². The van der Waals surface area contributed by atoms with Gasteiger partial charge in [0.2, 0.25) is 0 Å². The molecule has 1 saturated carbocycles. The van der Waals surface area contributed by atoms with Gasteiger partial charge in [-0.25, -0.2) is 9.97 Å². The number of thiophene rings is 1. The Hall–Kier alpha value is -3.00. The van der Waals surface area contributed by atoms with Crippen LogP contribution >= 0.6 is 11.3 Å². The van der Waals surface area contributed by atoms with Gasteiger partial charge in [0.05, 0.1) is 10.9 Å². The Labute approximate surface area is 217 Å². The zero-order valence-corrected chi connectivity index (χ0v) is 21.7. The lowest BCUT2D eigenvalue weighted by Gasteiger charge is -2.20. The molecule has 6 nitrogen and oxygen atoms in total. The second kappa shape index (κ2) is 11.8. The van der Waals surface area contributed by atoms with E-state index < -0.39 is 0 Å². The zero-order chi connectivity index (χ0) is 24.7. The molecule has 2 aromatic carbocycles. The summed E-state index contributed by atoms with van der Waals surface area (Å²) in [6.07, 6.45) is 8.01. The first kappa shape index (κ1) is 24.7. The number of nitrogens with two attached hydrogens (primary N) is 1. The molecular formula is C29H35N5OS. The van der Waals surface area contributed by atoms with Crippen LogP contribution in [0.1, 0.15) is 49.8 Å². The zero-order valence-electron chi connectivity index (χ0n) is 20.9. The highest BCUT2D eigenvalue weighted by molar-refractivity contribution is 7.17. The van der Waals surface area contributed by atoms with Crippen LogP contribution in [0.25, 0.3) is 21.3 Å². The number of fused-ring (bicyclic) bond motifs is 1. The van der Waals surface area contributed by atoms with E-state index in [4.69, 9.17) is 10.5 Å². The maximum absolute atomic E-state index is 6.30. The first-order chi connectivity index (χ1) is 17.7. The Morgan fingerprint density at radius 3 is 2.33 bits per heavy atom. The van der Waals surface area contributed by atoms with Crippen molar-refractivity contribution in [3.05, 3.63) is 65.8 Å². The van der Waals surface area contributed by atoms with E-state index in [-0.39, 0.29) is 0 Å². The van der Waals surface area contributed by atoms with Crippen molar-refractivity contribution < 1.29 is 4.74 Å². The van der Waals surface area contributed by atoms with Gasteiger partial charge >= 0.3 is 0 Å². The van der Waals surface area contributed by atoms with Crippen molar-refractivity contribution >= 4 is 28.1 Å². The van der Waals surface area contributed by atoms with E-state index in [0.29, 0.717) is 17.8 Å². The normalized spacial score (nSPS) is 18.4. The lowest BCUT2D eigenvalue weighted by molar-refractivity contribution is 0.442. The summed E-state index contributed by atoms with van der Waals surface area (Å²) in [6, 6.07) is 18.7. The summed E-state index contributed by atoms with van der Waals surface area (Å²) in [4.78, 5) is 11.4. The quantitative estimate of drug-likeness (QED) is 0.302. The highest BCUT2D eigenvalue weighted by Crippen LogP contribution is 2.46. The van der Waals surface area contributed by atoms with Crippen LogP contribution in [0.4, 0.5) is 5.82 Å². The minimum absolute atomic E-state index is 0.563. The second-order valence-electron chi connectivity index (χ2n) is 9.61. The summed E-state index contributed by atoms with van der Waals surface area (Å²) in [7, 11) is 0. The van der Waals surface area contributed by atoms with E-state index in [1.807, 2.05) is 53.8 Å². The molecule has 0 spiro atoms. The molecule has 1 aliphatic heterocycles. The molecule has 1 aliphatic carbocycles. The molecule has 3 heterocycles. The summed E-state index contributed by atoms with van der Waals surface area (Å²) in [6.45, 7) is 5.57. The van der Waals surface area contributed by atoms with Gasteiger partial charge in [-0.2, -0.15) is 0 Å². The molecule has 1 unspecified atom stereocenters. The molecule has 4 N–H and O–H groups in total. The number of nitrogens with zero attached hydrogens (tertiary/aromatic N) is 2. The summed E-state index contributed by atoms with van der Waals surface area (Å²) in [5, 5.41) is 7.59. The third kappa shape index (κ3) is 5.86. The summed E-state index contributed by atoms with van der Waals surface area (Å²) in [5.41, 5.74) is 8.46. The van der Waals surface area contributed by atoms with E-state index in [1.54, 1.807) is 6.33 Å². The molecule has 6 rings (SSSR count). The maximum Gasteiger partial charge on any atom is 0.136 e. The van der Waals surface area contributed by atoms with Gasteiger partial charge in [0, 0.05) is 35.4 Å². The number of nitrogen functional groups attached to an aromatic ring is 1. The summed E-state index contributed by atoms with van der Waals surface area (Å²) >= 11 is 1.83. The van der Waals surface area contributed by atoms with Crippen LogP contribution in [0.5, 0.6) is 11.5 Å². The number of hydrogen-bond donors (Lipinski definition) is 3. The molecule has 1 saturated heterocycles.